The molecule has 1 heterocycles. The molecule has 3 nitrogen and oxygen atoms in total. The second-order valence-corrected chi connectivity index (χ2v) is 5.50. The van der Waals surface area contributed by atoms with E-state index in [2.05, 4.69) is 43.7 Å². The highest BCUT2D eigenvalue weighted by Gasteiger charge is 2.30. The first kappa shape index (κ1) is 12.5. The summed E-state index contributed by atoms with van der Waals surface area (Å²) in [5, 5.41) is 8.88. The van der Waals surface area contributed by atoms with Crippen LogP contribution in [0.15, 0.2) is 0 Å². The summed E-state index contributed by atoms with van der Waals surface area (Å²) in [4.78, 5) is 4.83. The fourth-order valence-electron chi connectivity index (χ4n) is 2.41. The van der Waals surface area contributed by atoms with Crippen molar-refractivity contribution >= 4 is 0 Å². The quantitative estimate of drug-likeness (QED) is 0.658. The molecule has 1 aliphatic rings. The first-order valence-corrected chi connectivity index (χ1v) is 5.77. The molecule has 0 amide bonds. The van der Waals surface area contributed by atoms with Crippen LogP contribution in [0.2, 0.25) is 0 Å². The summed E-state index contributed by atoms with van der Waals surface area (Å²) < 4.78 is 0. The summed E-state index contributed by atoms with van der Waals surface area (Å²) in [5.41, 5.74) is 0.173. The van der Waals surface area contributed by atoms with E-state index in [0.29, 0.717) is 12.5 Å². The van der Waals surface area contributed by atoms with Crippen LogP contribution in [-0.4, -0.2) is 48.1 Å². The first-order valence-electron chi connectivity index (χ1n) is 5.77. The molecule has 0 spiro atoms. The van der Waals surface area contributed by atoms with Gasteiger partial charge < -0.3 is 4.90 Å². The van der Waals surface area contributed by atoms with Crippen molar-refractivity contribution in [2.45, 2.75) is 45.2 Å². The molecule has 15 heavy (non-hydrogen) atoms. The van der Waals surface area contributed by atoms with E-state index in [1.165, 1.54) is 6.42 Å². The Balaban J connectivity index is 2.76. The SMILES string of the molecule is CN1CCCN(C(C)(C)C)C(CC#N)C1. The smallest absolute Gasteiger partial charge is 0.0638 e. The zero-order valence-corrected chi connectivity index (χ0v) is 10.5. The van der Waals surface area contributed by atoms with Crippen molar-refractivity contribution in [3.8, 4) is 6.07 Å². The molecule has 0 N–H and O–H groups in total. The number of hydrogen-bond donors (Lipinski definition) is 0. The lowest BCUT2D eigenvalue weighted by Crippen LogP contribution is -2.50. The minimum Gasteiger partial charge on any atom is -0.305 e. The second-order valence-electron chi connectivity index (χ2n) is 5.50. The van der Waals surface area contributed by atoms with Crippen LogP contribution in [0.4, 0.5) is 0 Å². The molecule has 0 bridgehead atoms. The molecule has 0 saturated carbocycles. The third-order valence-electron chi connectivity index (χ3n) is 3.09. The van der Waals surface area contributed by atoms with Crippen LogP contribution < -0.4 is 0 Å². The lowest BCUT2D eigenvalue weighted by atomic mass is 10.0. The van der Waals surface area contributed by atoms with Gasteiger partial charge in [0, 0.05) is 24.7 Å². The minimum absolute atomic E-state index is 0.173. The molecule has 0 aromatic heterocycles. The van der Waals surface area contributed by atoms with Crippen LogP contribution in [0.25, 0.3) is 0 Å². The van der Waals surface area contributed by atoms with Gasteiger partial charge in [0.25, 0.3) is 0 Å². The van der Waals surface area contributed by atoms with Gasteiger partial charge in [-0.1, -0.05) is 0 Å². The number of rotatable bonds is 1. The van der Waals surface area contributed by atoms with E-state index in [1.54, 1.807) is 0 Å². The molecule has 1 atom stereocenters. The molecule has 1 saturated heterocycles. The van der Waals surface area contributed by atoms with Crippen molar-refractivity contribution in [1.29, 1.82) is 5.26 Å². The van der Waals surface area contributed by atoms with Gasteiger partial charge in [-0.05, 0) is 40.8 Å². The summed E-state index contributed by atoms with van der Waals surface area (Å²) in [6.45, 7) is 9.99. The van der Waals surface area contributed by atoms with Gasteiger partial charge in [-0.15, -0.1) is 0 Å². The van der Waals surface area contributed by atoms with Crippen LogP contribution in [0.3, 0.4) is 0 Å². The summed E-state index contributed by atoms with van der Waals surface area (Å²) in [7, 11) is 2.15. The van der Waals surface area contributed by atoms with Gasteiger partial charge in [0.05, 0.1) is 12.5 Å². The molecular formula is C12H23N3. The molecule has 1 rings (SSSR count). The summed E-state index contributed by atoms with van der Waals surface area (Å²) in [6, 6.07) is 2.71. The fourth-order valence-corrected chi connectivity index (χ4v) is 2.41. The summed E-state index contributed by atoms with van der Waals surface area (Å²) in [6.07, 6.45) is 1.84. The molecule has 1 fully saturated rings. The summed E-state index contributed by atoms with van der Waals surface area (Å²) in [5.74, 6) is 0. The maximum atomic E-state index is 8.88. The Hall–Kier alpha value is -0.590. The molecule has 1 aliphatic heterocycles. The van der Waals surface area contributed by atoms with E-state index in [0.717, 1.165) is 19.6 Å². The van der Waals surface area contributed by atoms with Crippen molar-refractivity contribution in [2.24, 2.45) is 0 Å². The standard InChI is InChI=1S/C12H23N3/c1-12(2,3)15-9-5-8-14(4)10-11(15)6-7-13/h11H,5-6,8-10H2,1-4H3. The molecular weight excluding hydrogens is 186 g/mol. The maximum Gasteiger partial charge on any atom is 0.0638 e. The van der Waals surface area contributed by atoms with Gasteiger partial charge in [0.2, 0.25) is 0 Å². The van der Waals surface area contributed by atoms with Crippen LogP contribution in [0.1, 0.15) is 33.6 Å². The summed E-state index contributed by atoms with van der Waals surface area (Å²) >= 11 is 0. The molecule has 0 aliphatic carbocycles. The molecule has 0 aromatic rings. The highest BCUT2D eigenvalue weighted by atomic mass is 15.3. The lowest BCUT2D eigenvalue weighted by molar-refractivity contribution is 0.0851. The van der Waals surface area contributed by atoms with E-state index in [-0.39, 0.29) is 5.54 Å². The molecule has 0 aromatic carbocycles. The topological polar surface area (TPSA) is 30.3 Å². The van der Waals surface area contributed by atoms with E-state index < -0.39 is 0 Å². The Bertz CT molecular complexity index is 236. The van der Waals surface area contributed by atoms with Crippen LogP contribution in [0, 0.1) is 11.3 Å². The van der Waals surface area contributed by atoms with Gasteiger partial charge >= 0.3 is 0 Å². The number of nitrogens with zero attached hydrogens (tertiary/aromatic N) is 3. The molecule has 86 valence electrons. The zero-order valence-electron chi connectivity index (χ0n) is 10.5. The van der Waals surface area contributed by atoms with Crippen molar-refractivity contribution in [2.75, 3.05) is 26.7 Å². The lowest BCUT2D eigenvalue weighted by Gasteiger charge is -2.40. The zero-order chi connectivity index (χ0) is 11.5. The number of nitriles is 1. The van der Waals surface area contributed by atoms with E-state index in [4.69, 9.17) is 5.26 Å². The van der Waals surface area contributed by atoms with Crippen LogP contribution in [-0.2, 0) is 0 Å². The Labute approximate surface area is 93.7 Å². The van der Waals surface area contributed by atoms with Gasteiger partial charge in [-0.25, -0.2) is 0 Å². The van der Waals surface area contributed by atoms with Gasteiger partial charge in [0.1, 0.15) is 0 Å². The minimum atomic E-state index is 0.173. The van der Waals surface area contributed by atoms with Crippen molar-refractivity contribution < 1.29 is 0 Å². The average Bonchev–Trinajstić information content (AvgIpc) is 2.26. The monoisotopic (exact) mass is 209 g/mol. The first-order chi connectivity index (χ1) is 6.95. The van der Waals surface area contributed by atoms with Gasteiger partial charge in [0.15, 0.2) is 0 Å². The normalized spacial score (nSPS) is 25.9. The predicted molar refractivity (Wildman–Crippen MR) is 62.6 cm³/mol. The predicted octanol–water partition coefficient (Wildman–Crippen LogP) is 1.70. The van der Waals surface area contributed by atoms with Crippen LogP contribution >= 0.6 is 0 Å². The number of hydrogen-bond acceptors (Lipinski definition) is 3. The molecule has 1 unspecified atom stereocenters. The van der Waals surface area contributed by atoms with E-state index >= 15 is 0 Å². The Morgan fingerprint density at radius 3 is 2.53 bits per heavy atom. The second kappa shape index (κ2) is 4.96. The van der Waals surface area contributed by atoms with Gasteiger partial charge in [-0.3, -0.25) is 4.90 Å². The third kappa shape index (κ3) is 3.48. The largest absolute Gasteiger partial charge is 0.305 e. The maximum absolute atomic E-state index is 8.88. The van der Waals surface area contributed by atoms with Crippen molar-refractivity contribution in [3.05, 3.63) is 0 Å². The van der Waals surface area contributed by atoms with Crippen LogP contribution in [0.5, 0.6) is 0 Å². The van der Waals surface area contributed by atoms with Crippen molar-refractivity contribution in [1.82, 2.24) is 9.80 Å². The highest BCUT2D eigenvalue weighted by Crippen LogP contribution is 2.22. The van der Waals surface area contributed by atoms with E-state index in [1.807, 2.05) is 0 Å². The Morgan fingerprint density at radius 1 is 1.33 bits per heavy atom. The van der Waals surface area contributed by atoms with Gasteiger partial charge in [-0.2, -0.15) is 5.26 Å². The van der Waals surface area contributed by atoms with E-state index in [9.17, 15) is 0 Å². The Morgan fingerprint density at radius 2 is 2.00 bits per heavy atom. The molecule has 0 radical (unpaired) electrons. The Kier molecular flexibility index (Phi) is 4.12. The molecule has 3 heteroatoms. The van der Waals surface area contributed by atoms with Crippen molar-refractivity contribution in [3.63, 3.8) is 0 Å². The number of likely N-dealkylation sites (N-methyl/N-ethyl adjacent to an activating group) is 1. The third-order valence-corrected chi connectivity index (χ3v) is 3.09. The average molecular weight is 209 g/mol. The fraction of sp³-hybridized carbons (Fsp3) is 0.917. The highest BCUT2D eigenvalue weighted by molar-refractivity contribution is 4.91.